The van der Waals surface area contributed by atoms with Crippen LogP contribution >= 0.6 is 11.3 Å². The number of azo groups is 1. The molecular weight excluding hydrogens is 470 g/mol. The fourth-order valence-electron chi connectivity index (χ4n) is 3.31. The number of para-hydroxylation sites is 1. The third-order valence-corrected chi connectivity index (χ3v) is 5.83. The van der Waals surface area contributed by atoms with Crippen LogP contribution in [-0.2, 0) is 11.4 Å². The SMILES string of the molecule is CC.CC(=O)Nc1ccc(CO)cc1.CN=NC1CCCCC1.Cc1csc(Nc2ccccc2)n1. The number of benzene rings is 2. The summed E-state index contributed by atoms with van der Waals surface area (Å²) in [6.07, 6.45) is 6.62. The van der Waals surface area contributed by atoms with Gasteiger partial charge in [-0.2, -0.15) is 10.2 Å². The Balaban J connectivity index is 0.000000265. The molecule has 2 aromatic carbocycles. The molecule has 1 amide bonds. The number of aliphatic hydroxyl groups excluding tert-OH is 1. The Hall–Kier alpha value is -3.10. The number of nitrogens with one attached hydrogen (secondary N) is 2. The summed E-state index contributed by atoms with van der Waals surface area (Å²) in [5.74, 6) is -0.0910. The number of aliphatic hydroxyl groups is 1. The lowest BCUT2D eigenvalue weighted by Crippen LogP contribution is -2.08. The Morgan fingerprint density at radius 1 is 1.03 bits per heavy atom. The summed E-state index contributed by atoms with van der Waals surface area (Å²) >= 11 is 1.62. The number of carbonyl (C=O) groups is 1. The van der Waals surface area contributed by atoms with E-state index < -0.39 is 0 Å². The number of thiazole rings is 1. The van der Waals surface area contributed by atoms with Gasteiger partial charge in [0.05, 0.1) is 18.3 Å². The highest BCUT2D eigenvalue weighted by Gasteiger charge is 2.10. The number of rotatable bonds is 5. The van der Waals surface area contributed by atoms with Crippen molar-refractivity contribution in [1.82, 2.24) is 4.98 Å². The van der Waals surface area contributed by atoms with Gasteiger partial charge in [0.25, 0.3) is 0 Å². The van der Waals surface area contributed by atoms with Crippen LogP contribution in [-0.4, -0.2) is 29.1 Å². The van der Waals surface area contributed by atoms with Crippen molar-refractivity contribution in [3.05, 3.63) is 71.2 Å². The molecule has 0 spiro atoms. The van der Waals surface area contributed by atoms with Crippen molar-refractivity contribution in [2.75, 3.05) is 17.7 Å². The zero-order valence-corrected chi connectivity index (χ0v) is 23.0. The second kappa shape index (κ2) is 19.1. The molecule has 1 heterocycles. The number of aryl methyl sites for hydroxylation is 1. The van der Waals surface area contributed by atoms with E-state index in [2.05, 4.69) is 25.8 Å². The van der Waals surface area contributed by atoms with Crippen LogP contribution in [0.1, 0.15) is 64.1 Å². The molecule has 1 saturated carbocycles. The predicted octanol–water partition coefficient (Wildman–Crippen LogP) is 7.76. The first-order valence-corrected chi connectivity index (χ1v) is 13.4. The standard InChI is InChI=1S/C10H10N2S.C9H11NO2.C7H14N2.C2H6/c1-8-7-13-10(11-8)12-9-5-3-2-4-6-9;1-7(12)10-9-4-2-8(6-11)3-5-9;1-8-9-7-5-3-2-4-6-7;1-2/h2-7H,1H3,(H,11,12);2-5,11H,6H2,1H3,(H,10,12);7H,2-6H2,1H3;1-2H3. The number of nitrogens with zero attached hydrogens (tertiary/aromatic N) is 3. The van der Waals surface area contributed by atoms with E-state index in [1.807, 2.05) is 56.5 Å². The van der Waals surface area contributed by atoms with E-state index in [0.717, 1.165) is 27.8 Å². The molecule has 1 aliphatic carbocycles. The lowest BCUT2D eigenvalue weighted by molar-refractivity contribution is -0.114. The Bertz CT molecular complexity index is 985. The van der Waals surface area contributed by atoms with E-state index in [0.29, 0.717) is 6.04 Å². The van der Waals surface area contributed by atoms with Crippen molar-refractivity contribution < 1.29 is 9.90 Å². The van der Waals surface area contributed by atoms with Crippen LogP contribution < -0.4 is 10.6 Å². The fraction of sp³-hybridized carbons (Fsp3) is 0.429. The molecule has 3 aromatic rings. The summed E-state index contributed by atoms with van der Waals surface area (Å²) in [4.78, 5) is 14.9. The molecule has 1 aromatic heterocycles. The monoisotopic (exact) mass is 511 g/mol. The molecule has 3 N–H and O–H groups in total. The molecule has 4 rings (SSSR count). The van der Waals surface area contributed by atoms with Gasteiger partial charge in [-0.3, -0.25) is 4.79 Å². The predicted molar refractivity (Wildman–Crippen MR) is 152 cm³/mol. The fourth-order valence-corrected chi connectivity index (χ4v) is 4.02. The maximum atomic E-state index is 10.6. The largest absolute Gasteiger partial charge is 0.392 e. The van der Waals surface area contributed by atoms with Crippen molar-refractivity contribution in [3.63, 3.8) is 0 Å². The van der Waals surface area contributed by atoms with Crippen LogP contribution in [0.3, 0.4) is 0 Å². The average molecular weight is 512 g/mol. The van der Waals surface area contributed by atoms with Gasteiger partial charge in [-0.15, -0.1) is 11.3 Å². The number of hydrogen-bond donors (Lipinski definition) is 3. The van der Waals surface area contributed by atoms with E-state index in [1.54, 1.807) is 42.6 Å². The van der Waals surface area contributed by atoms with Crippen LogP contribution in [0.25, 0.3) is 0 Å². The van der Waals surface area contributed by atoms with E-state index in [9.17, 15) is 4.79 Å². The third-order valence-electron chi connectivity index (χ3n) is 4.95. The zero-order chi connectivity index (χ0) is 26.6. The first-order valence-electron chi connectivity index (χ1n) is 12.5. The van der Waals surface area contributed by atoms with Crippen molar-refractivity contribution >= 4 is 33.8 Å². The number of carbonyl (C=O) groups excluding carboxylic acids is 1. The molecule has 8 heteroatoms. The van der Waals surface area contributed by atoms with Gasteiger partial charge in [0.15, 0.2) is 5.13 Å². The molecule has 0 atom stereocenters. The number of aromatic nitrogens is 1. The normalized spacial score (nSPS) is 12.7. The quantitative estimate of drug-likeness (QED) is 0.305. The highest BCUT2D eigenvalue weighted by Crippen LogP contribution is 2.20. The van der Waals surface area contributed by atoms with Crippen molar-refractivity contribution in [1.29, 1.82) is 0 Å². The summed E-state index contributed by atoms with van der Waals surface area (Å²) < 4.78 is 0. The molecule has 0 saturated heterocycles. The van der Waals surface area contributed by atoms with E-state index >= 15 is 0 Å². The molecule has 0 unspecified atom stereocenters. The maximum Gasteiger partial charge on any atom is 0.221 e. The van der Waals surface area contributed by atoms with Gasteiger partial charge < -0.3 is 15.7 Å². The first kappa shape index (κ1) is 30.9. The molecule has 0 bridgehead atoms. The van der Waals surface area contributed by atoms with Gasteiger partial charge in [0, 0.05) is 30.7 Å². The highest BCUT2D eigenvalue weighted by atomic mass is 32.1. The number of anilines is 3. The minimum absolute atomic E-state index is 0.0281. The highest BCUT2D eigenvalue weighted by molar-refractivity contribution is 7.13. The molecule has 1 aliphatic rings. The van der Waals surface area contributed by atoms with Gasteiger partial charge in [-0.1, -0.05) is 63.4 Å². The first-order chi connectivity index (χ1) is 17.5. The maximum absolute atomic E-state index is 10.6. The Morgan fingerprint density at radius 2 is 1.67 bits per heavy atom. The molecule has 0 aliphatic heterocycles. The summed E-state index contributed by atoms with van der Waals surface area (Å²) in [5, 5.41) is 25.5. The van der Waals surface area contributed by atoms with Crippen molar-refractivity contribution in [3.8, 4) is 0 Å². The van der Waals surface area contributed by atoms with Crippen LogP contribution in [0.15, 0.2) is 70.2 Å². The lowest BCUT2D eigenvalue weighted by atomic mass is 9.96. The Morgan fingerprint density at radius 3 is 2.17 bits per heavy atom. The Labute approximate surface area is 220 Å². The minimum Gasteiger partial charge on any atom is -0.392 e. The third kappa shape index (κ3) is 13.7. The average Bonchev–Trinajstić information content (AvgIpc) is 3.32. The van der Waals surface area contributed by atoms with Crippen LogP contribution in [0.2, 0.25) is 0 Å². The van der Waals surface area contributed by atoms with E-state index in [-0.39, 0.29) is 12.5 Å². The summed E-state index contributed by atoms with van der Waals surface area (Å²) in [6.45, 7) is 7.48. The van der Waals surface area contributed by atoms with Crippen molar-refractivity contribution in [2.24, 2.45) is 10.2 Å². The van der Waals surface area contributed by atoms with Crippen LogP contribution in [0, 0.1) is 6.92 Å². The number of hydrogen-bond acceptors (Lipinski definition) is 7. The van der Waals surface area contributed by atoms with Gasteiger partial charge in [-0.25, -0.2) is 4.98 Å². The topological polar surface area (TPSA) is 99.0 Å². The zero-order valence-electron chi connectivity index (χ0n) is 22.2. The second-order valence-corrected chi connectivity index (χ2v) is 8.79. The van der Waals surface area contributed by atoms with Crippen molar-refractivity contribution in [2.45, 2.75) is 72.4 Å². The van der Waals surface area contributed by atoms with Crippen LogP contribution in [0.5, 0.6) is 0 Å². The summed E-state index contributed by atoms with van der Waals surface area (Å²) in [6, 6.07) is 17.7. The van der Waals surface area contributed by atoms with Crippen LogP contribution in [0.4, 0.5) is 16.5 Å². The Kier molecular flexibility index (Phi) is 16.4. The van der Waals surface area contributed by atoms with Gasteiger partial charge >= 0.3 is 0 Å². The lowest BCUT2D eigenvalue weighted by Gasteiger charge is -2.15. The molecule has 0 radical (unpaired) electrons. The van der Waals surface area contributed by atoms with Gasteiger partial charge in [0.2, 0.25) is 5.91 Å². The van der Waals surface area contributed by atoms with Gasteiger partial charge in [-0.05, 0) is 49.6 Å². The smallest absolute Gasteiger partial charge is 0.221 e. The molecule has 196 valence electrons. The molecule has 7 nitrogen and oxygen atoms in total. The molecular formula is C28H41N5O2S. The van der Waals surface area contributed by atoms with Gasteiger partial charge in [0.1, 0.15) is 0 Å². The summed E-state index contributed by atoms with van der Waals surface area (Å²) in [5.41, 5.74) is 3.73. The van der Waals surface area contributed by atoms with E-state index in [1.165, 1.54) is 39.0 Å². The molecule has 1 fully saturated rings. The second-order valence-electron chi connectivity index (χ2n) is 7.93. The summed E-state index contributed by atoms with van der Waals surface area (Å²) in [7, 11) is 1.76. The molecule has 36 heavy (non-hydrogen) atoms. The van der Waals surface area contributed by atoms with E-state index in [4.69, 9.17) is 5.11 Å². The minimum atomic E-state index is -0.0910. The number of amides is 1.